The van der Waals surface area contributed by atoms with Crippen LogP contribution in [0.15, 0.2) is 36.5 Å². The normalized spacial score (nSPS) is 10.0. The number of benzene rings is 1. The molecule has 1 aromatic carbocycles. The van der Waals surface area contributed by atoms with Gasteiger partial charge in [0.2, 0.25) is 0 Å². The van der Waals surface area contributed by atoms with Gasteiger partial charge in [0.1, 0.15) is 11.5 Å². The summed E-state index contributed by atoms with van der Waals surface area (Å²) in [7, 11) is 0. The topological polar surface area (TPSA) is 79.3 Å². The van der Waals surface area contributed by atoms with Gasteiger partial charge < -0.3 is 10.4 Å². The molecule has 0 aliphatic heterocycles. The van der Waals surface area contributed by atoms with E-state index >= 15 is 0 Å². The van der Waals surface area contributed by atoms with Crippen LogP contribution in [0.25, 0.3) is 0 Å². The number of rotatable bonds is 7. The van der Waals surface area contributed by atoms with Crippen molar-refractivity contribution in [2.75, 3.05) is 5.32 Å². The van der Waals surface area contributed by atoms with Gasteiger partial charge in [-0.15, -0.1) is 12.4 Å². The van der Waals surface area contributed by atoms with Gasteiger partial charge in [-0.2, -0.15) is 0 Å². The number of amides is 1. The summed E-state index contributed by atoms with van der Waals surface area (Å²) in [6.07, 6.45) is 5.97. The Kier molecular flexibility index (Phi) is 8.01. The molecule has 0 saturated carbocycles. The number of aromatic nitrogens is 1. The predicted octanol–water partition coefficient (Wildman–Crippen LogP) is 4.33. The molecule has 0 radical (unpaired) electrons. The zero-order valence-corrected chi connectivity index (χ0v) is 14.6. The molecule has 0 aliphatic rings. The monoisotopic (exact) mass is 366 g/mol. The van der Waals surface area contributed by atoms with Crippen molar-refractivity contribution in [2.24, 2.45) is 0 Å². The molecule has 0 saturated heterocycles. The van der Waals surface area contributed by atoms with E-state index in [0.29, 0.717) is 0 Å². The number of pyridine rings is 1. The molecule has 134 valence electrons. The molecule has 2 rings (SSSR count). The van der Waals surface area contributed by atoms with Gasteiger partial charge >= 0.3 is 5.97 Å². The molecule has 0 unspecified atom stereocenters. The number of hydrogen-bond acceptors (Lipinski definition) is 3. The fraction of sp³-hybridized carbons (Fsp3) is 0.278. The largest absolute Gasteiger partial charge is 0.478 e. The van der Waals surface area contributed by atoms with E-state index in [0.717, 1.165) is 43.4 Å². The van der Waals surface area contributed by atoms with Gasteiger partial charge in [-0.3, -0.25) is 9.78 Å². The first-order valence-electron chi connectivity index (χ1n) is 7.80. The minimum atomic E-state index is -1.36. The molecule has 25 heavy (non-hydrogen) atoms. The first-order chi connectivity index (χ1) is 11.5. The number of halogens is 2. The second-order valence-electron chi connectivity index (χ2n) is 5.46. The number of carbonyl (C=O) groups excluding carboxylic acids is 1. The van der Waals surface area contributed by atoms with Crippen molar-refractivity contribution in [3.8, 4) is 0 Å². The molecule has 7 heteroatoms. The van der Waals surface area contributed by atoms with Crippen molar-refractivity contribution in [3.63, 3.8) is 0 Å². The Morgan fingerprint density at radius 1 is 1.20 bits per heavy atom. The summed E-state index contributed by atoms with van der Waals surface area (Å²) in [6.45, 7) is 2.14. The Bertz CT molecular complexity index is 736. The van der Waals surface area contributed by atoms with Crippen LogP contribution in [-0.4, -0.2) is 22.0 Å². The fourth-order valence-corrected chi connectivity index (χ4v) is 2.25. The lowest BCUT2D eigenvalue weighted by Crippen LogP contribution is -2.14. The van der Waals surface area contributed by atoms with Crippen molar-refractivity contribution in [2.45, 2.75) is 32.6 Å². The highest BCUT2D eigenvalue weighted by Gasteiger charge is 2.13. The molecule has 1 amide bonds. The Balaban J connectivity index is 0.00000312. The van der Waals surface area contributed by atoms with Crippen LogP contribution in [0.3, 0.4) is 0 Å². The van der Waals surface area contributed by atoms with Crippen molar-refractivity contribution < 1.29 is 19.1 Å². The third kappa shape index (κ3) is 5.83. The third-order valence-electron chi connectivity index (χ3n) is 3.58. The highest BCUT2D eigenvalue weighted by molar-refractivity contribution is 6.03. The number of carbonyl (C=O) groups is 2. The Labute approximate surface area is 151 Å². The smallest absolute Gasteiger partial charge is 0.338 e. The molecule has 0 spiro atoms. The van der Waals surface area contributed by atoms with E-state index in [9.17, 15) is 14.0 Å². The van der Waals surface area contributed by atoms with Gasteiger partial charge in [0.25, 0.3) is 5.91 Å². The molecule has 1 heterocycles. The summed E-state index contributed by atoms with van der Waals surface area (Å²) >= 11 is 0. The van der Waals surface area contributed by atoms with Crippen LogP contribution < -0.4 is 5.32 Å². The summed E-state index contributed by atoms with van der Waals surface area (Å²) in [4.78, 5) is 27.0. The molecule has 2 N–H and O–H groups in total. The van der Waals surface area contributed by atoms with E-state index in [-0.39, 0.29) is 23.8 Å². The summed E-state index contributed by atoms with van der Waals surface area (Å²) in [5, 5.41) is 11.3. The van der Waals surface area contributed by atoms with Crippen LogP contribution in [0.5, 0.6) is 0 Å². The molecule has 0 bridgehead atoms. The molecule has 0 aliphatic carbocycles. The van der Waals surface area contributed by atoms with E-state index < -0.39 is 23.3 Å². The van der Waals surface area contributed by atoms with Gasteiger partial charge in [-0.05, 0) is 42.7 Å². The zero-order chi connectivity index (χ0) is 17.5. The number of aryl methyl sites for hydroxylation is 1. The zero-order valence-electron chi connectivity index (χ0n) is 13.8. The van der Waals surface area contributed by atoms with Crippen molar-refractivity contribution >= 4 is 30.0 Å². The van der Waals surface area contributed by atoms with Gasteiger partial charge in [0, 0.05) is 11.9 Å². The maximum atomic E-state index is 13.6. The highest BCUT2D eigenvalue weighted by atomic mass is 35.5. The highest BCUT2D eigenvalue weighted by Crippen LogP contribution is 2.15. The van der Waals surface area contributed by atoms with Crippen LogP contribution >= 0.6 is 12.4 Å². The number of nitrogens with zero attached hydrogens (tertiary/aromatic N) is 1. The van der Waals surface area contributed by atoms with Crippen LogP contribution in [-0.2, 0) is 6.42 Å². The number of aromatic carboxylic acids is 1. The van der Waals surface area contributed by atoms with E-state index in [4.69, 9.17) is 5.11 Å². The average molecular weight is 367 g/mol. The van der Waals surface area contributed by atoms with Crippen LogP contribution in [0.1, 0.15) is 52.6 Å². The molecule has 0 atom stereocenters. The SMILES string of the molecule is CCCCCc1ccc(C(=O)Nc2ccc(C(=O)O)c(F)c2)nc1.Cl. The standard InChI is InChI=1S/C18H19FN2O3.ClH/c1-2-3-4-5-12-6-9-16(20-11-12)17(22)21-13-7-8-14(18(23)24)15(19)10-13;/h6-11H,2-5H2,1H3,(H,21,22)(H,23,24);1H. The minimum absolute atomic E-state index is 0. The molecule has 2 aromatic rings. The molecule has 5 nitrogen and oxygen atoms in total. The maximum Gasteiger partial charge on any atom is 0.338 e. The average Bonchev–Trinajstić information content (AvgIpc) is 2.55. The fourth-order valence-electron chi connectivity index (χ4n) is 2.25. The number of nitrogens with one attached hydrogen (secondary N) is 1. The molecule has 0 fully saturated rings. The summed E-state index contributed by atoms with van der Waals surface area (Å²) in [6, 6.07) is 6.89. The minimum Gasteiger partial charge on any atom is -0.478 e. The number of unbranched alkanes of at least 4 members (excludes halogenated alkanes) is 2. The summed E-state index contributed by atoms with van der Waals surface area (Å²) in [5.41, 5.74) is 1.02. The second kappa shape index (κ2) is 9.74. The van der Waals surface area contributed by atoms with Crippen molar-refractivity contribution in [1.29, 1.82) is 0 Å². The Morgan fingerprint density at radius 2 is 1.96 bits per heavy atom. The summed E-state index contributed by atoms with van der Waals surface area (Å²) in [5.74, 6) is -2.73. The van der Waals surface area contributed by atoms with E-state index in [1.807, 2.05) is 6.07 Å². The lowest BCUT2D eigenvalue weighted by molar-refractivity contribution is 0.0692. The van der Waals surface area contributed by atoms with Crippen LogP contribution in [0, 0.1) is 5.82 Å². The lowest BCUT2D eigenvalue weighted by Gasteiger charge is -2.07. The Morgan fingerprint density at radius 3 is 2.52 bits per heavy atom. The number of carboxylic acid groups (broad SMARTS) is 1. The van der Waals surface area contributed by atoms with Gasteiger partial charge in [0.05, 0.1) is 5.56 Å². The first-order valence-corrected chi connectivity index (χ1v) is 7.80. The van der Waals surface area contributed by atoms with E-state index in [1.165, 1.54) is 6.07 Å². The summed E-state index contributed by atoms with van der Waals surface area (Å²) < 4.78 is 13.6. The molecular formula is C18H20ClFN2O3. The van der Waals surface area contributed by atoms with E-state index in [2.05, 4.69) is 17.2 Å². The first kappa shape index (κ1) is 20.6. The molecular weight excluding hydrogens is 347 g/mol. The third-order valence-corrected chi connectivity index (χ3v) is 3.58. The van der Waals surface area contributed by atoms with Gasteiger partial charge in [0.15, 0.2) is 0 Å². The quantitative estimate of drug-likeness (QED) is 0.715. The second-order valence-corrected chi connectivity index (χ2v) is 5.46. The van der Waals surface area contributed by atoms with Crippen LogP contribution in [0.4, 0.5) is 10.1 Å². The lowest BCUT2D eigenvalue weighted by atomic mass is 10.1. The predicted molar refractivity (Wildman–Crippen MR) is 96.0 cm³/mol. The number of anilines is 1. The van der Waals surface area contributed by atoms with Crippen LogP contribution in [0.2, 0.25) is 0 Å². The maximum absolute atomic E-state index is 13.6. The van der Waals surface area contributed by atoms with Gasteiger partial charge in [-0.25, -0.2) is 9.18 Å². The van der Waals surface area contributed by atoms with Gasteiger partial charge in [-0.1, -0.05) is 25.8 Å². The molecule has 1 aromatic heterocycles. The number of hydrogen-bond donors (Lipinski definition) is 2. The number of carboxylic acids is 1. The van der Waals surface area contributed by atoms with Crippen molar-refractivity contribution in [3.05, 3.63) is 59.2 Å². The van der Waals surface area contributed by atoms with Crippen molar-refractivity contribution in [1.82, 2.24) is 4.98 Å². The Hall–Kier alpha value is -2.47. The van der Waals surface area contributed by atoms with E-state index in [1.54, 1.807) is 12.3 Å².